The SMILES string of the molecule is CNCc1csc(CNC(=O)O)n1. The van der Waals surface area contributed by atoms with E-state index in [-0.39, 0.29) is 6.54 Å². The Kier molecular flexibility index (Phi) is 3.66. The lowest BCUT2D eigenvalue weighted by Crippen LogP contribution is -2.19. The molecular weight excluding hydrogens is 190 g/mol. The van der Waals surface area contributed by atoms with Gasteiger partial charge in [0, 0.05) is 11.9 Å². The van der Waals surface area contributed by atoms with E-state index in [9.17, 15) is 4.79 Å². The fourth-order valence-electron chi connectivity index (χ4n) is 0.844. The Morgan fingerprint density at radius 1 is 1.69 bits per heavy atom. The van der Waals surface area contributed by atoms with Crippen LogP contribution in [0.5, 0.6) is 0 Å². The van der Waals surface area contributed by atoms with Gasteiger partial charge in [0.05, 0.1) is 12.2 Å². The molecule has 0 aliphatic rings. The molecule has 0 saturated heterocycles. The van der Waals surface area contributed by atoms with Gasteiger partial charge in [-0.1, -0.05) is 0 Å². The summed E-state index contributed by atoms with van der Waals surface area (Å²) in [5.74, 6) is 0. The van der Waals surface area contributed by atoms with E-state index in [0.29, 0.717) is 6.54 Å². The maximum Gasteiger partial charge on any atom is 0.405 e. The molecule has 5 nitrogen and oxygen atoms in total. The number of carbonyl (C=O) groups is 1. The van der Waals surface area contributed by atoms with Crippen molar-refractivity contribution in [1.82, 2.24) is 15.6 Å². The second kappa shape index (κ2) is 4.78. The minimum Gasteiger partial charge on any atom is -0.465 e. The van der Waals surface area contributed by atoms with Gasteiger partial charge in [0.2, 0.25) is 0 Å². The Bertz CT molecular complexity index is 287. The first-order valence-electron chi connectivity index (χ1n) is 3.77. The van der Waals surface area contributed by atoms with Gasteiger partial charge >= 0.3 is 6.09 Å². The Hall–Kier alpha value is -1.14. The topological polar surface area (TPSA) is 74.2 Å². The van der Waals surface area contributed by atoms with E-state index in [1.165, 1.54) is 11.3 Å². The molecule has 6 heteroatoms. The molecule has 3 N–H and O–H groups in total. The van der Waals surface area contributed by atoms with Crippen molar-refractivity contribution >= 4 is 17.4 Å². The number of amides is 1. The van der Waals surface area contributed by atoms with Gasteiger partial charge in [0.25, 0.3) is 0 Å². The average molecular weight is 201 g/mol. The summed E-state index contributed by atoms with van der Waals surface area (Å²) in [5.41, 5.74) is 0.940. The first-order chi connectivity index (χ1) is 6.22. The van der Waals surface area contributed by atoms with Crippen LogP contribution in [-0.4, -0.2) is 23.2 Å². The van der Waals surface area contributed by atoms with Gasteiger partial charge in [-0.05, 0) is 7.05 Å². The molecule has 0 bridgehead atoms. The Balaban J connectivity index is 2.44. The Labute approximate surface area is 79.8 Å². The summed E-state index contributed by atoms with van der Waals surface area (Å²) in [4.78, 5) is 14.4. The van der Waals surface area contributed by atoms with E-state index in [2.05, 4.69) is 15.6 Å². The molecule has 1 rings (SSSR count). The lowest BCUT2D eigenvalue weighted by molar-refractivity contribution is 0.194. The molecule has 1 aromatic heterocycles. The fraction of sp³-hybridized carbons (Fsp3) is 0.429. The molecule has 1 aromatic rings. The monoisotopic (exact) mass is 201 g/mol. The number of nitrogens with one attached hydrogen (secondary N) is 2. The molecule has 1 amide bonds. The van der Waals surface area contributed by atoms with Crippen molar-refractivity contribution in [2.24, 2.45) is 0 Å². The molecule has 0 atom stereocenters. The van der Waals surface area contributed by atoms with Crippen LogP contribution in [0.15, 0.2) is 5.38 Å². The number of hydrogen-bond donors (Lipinski definition) is 3. The highest BCUT2D eigenvalue weighted by atomic mass is 32.1. The lowest BCUT2D eigenvalue weighted by atomic mass is 10.5. The van der Waals surface area contributed by atoms with Gasteiger partial charge in [0.1, 0.15) is 5.01 Å². The van der Waals surface area contributed by atoms with Crippen molar-refractivity contribution in [2.45, 2.75) is 13.1 Å². The highest BCUT2D eigenvalue weighted by Crippen LogP contribution is 2.08. The van der Waals surface area contributed by atoms with E-state index in [1.54, 1.807) is 0 Å². The maximum absolute atomic E-state index is 10.2. The molecule has 0 radical (unpaired) electrons. The number of rotatable bonds is 4. The van der Waals surface area contributed by atoms with E-state index in [4.69, 9.17) is 5.11 Å². The molecule has 0 aliphatic carbocycles. The predicted molar refractivity (Wildman–Crippen MR) is 49.7 cm³/mol. The summed E-state index contributed by atoms with van der Waals surface area (Å²) in [6.45, 7) is 0.993. The summed E-state index contributed by atoms with van der Waals surface area (Å²) in [6.07, 6.45) is -1.02. The molecule has 72 valence electrons. The van der Waals surface area contributed by atoms with Gasteiger partial charge in [-0.3, -0.25) is 0 Å². The van der Waals surface area contributed by atoms with Crippen LogP contribution < -0.4 is 10.6 Å². The van der Waals surface area contributed by atoms with Gasteiger partial charge < -0.3 is 15.7 Å². The summed E-state index contributed by atoms with van der Waals surface area (Å²) in [6, 6.07) is 0. The number of hydrogen-bond acceptors (Lipinski definition) is 4. The zero-order chi connectivity index (χ0) is 9.68. The zero-order valence-corrected chi connectivity index (χ0v) is 8.02. The van der Waals surface area contributed by atoms with Crippen molar-refractivity contribution < 1.29 is 9.90 Å². The molecule has 0 fully saturated rings. The molecule has 13 heavy (non-hydrogen) atoms. The molecule has 1 heterocycles. The van der Waals surface area contributed by atoms with Crippen LogP contribution in [-0.2, 0) is 13.1 Å². The third-order valence-electron chi connectivity index (χ3n) is 1.35. The molecule has 0 aliphatic heterocycles. The van der Waals surface area contributed by atoms with E-state index in [0.717, 1.165) is 10.7 Å². The summed E-state index contributed by atoms with van der Waals surface area (Å²) in [7, 11) is 1.84. The second-order valence-electron chi connectivity index (χ2n) is 2.42. The van der Waals surface area contributed by atoms with Gasteiger partial charge in [-0.2, -0.15) is 0 Å². The first-order valence-corrected chi connectivity index (χ1v) is 4.65. The highest BCUT2D eigenvalue weighted by Gasteiger charge is 2.02. The number of carboxylic acid groups (broad SMARTS) is 1. The van der Waals surface area contributed by atoms with E-state index >= 15 is 0 Å². The Morgan fingerprint density at radius 2 is 2.46 bits per heavy atom. The normalized spacial score (nSPS) is 9.92. The number of aromatic nitrogens is 1. The van der Waals surface area contributed by atoms with Crippen LogP contribution in [0.4, 0.5) is 4.79 Å². The first kappa shape index (κ1) is 9.94. The van der Waals surface area contributed by atoms with Crippen molar-refractivity contribution in [1.29, 1.82) is 0 Å². The summed E-state index contributed by atoms with van der Waals surface area (Å²) < 4.78 is 0. The smallest absolute Gasteiger partial charge is 0.405 e. The lowest BCUT2D eigenvalue weighted by Gasteiger charge is -1.95. The van der Waals surface area contributed by atoms with Gasteiger partial charge in [-0.15, -0.1) is 11.3 Å². The van der Waals surface area contributed by atoms with Gasteiger partial charge in [0.15, 0.2) is 0 Å². The highest BCUT2D eigenvalue weighted by molar-refractivity contribution is 7.09. The maximum atomic E-state index is 10.2. The standard InChI is InChI=1S/C7H11N3O2S/c1-8-2-5-4-13-6(10-5)3-9-7(11)12/h4,8-9H,2-3H2,1H3,(H,11,12). The average Bonchev–Trinajstić information content (AvgIpc) is 2.50. The van der Waals surface area contributed by atoms with Crippen molar-refractivity contribution in [2.75, 3.05) is 7.05 Å². The molecule has 0 unspecified atom stereocenters. The zero-order valence-electron chi connectivity index (χ0n) is 7.20. The molecule has 0 spiro atoms. The van der Waals surface area contributed by atoms with Crippen LogP contribution >= 0.6 is 11.3 Å². The third kappa shape index (κ3) is 3.39. The predicted octanol–water partition coefficient (Wildman–Crippen LogP) is 0.630. The van der Waals surface area contributed by atoms with Crippen LogP contribution in [0, 0.1) is 0 Å². The number of nitrogens with zero attached hydrogens (tertiary/aromatic N) is 1. The quantitative estimate of drug-likeness (QED) is 0.668. The van der Waals surface area contributed by atoms with Crippen molar-refractivity contribution in [3.05, 3.63) is 16.1 Å². The minimum absolute atomic E-state index is 0.281. The molecular formula is C7H11N3O2S. The van der Waals surface area contributed by atoms with Crippen molar-refractivity contribution in [3.8, 4) is 0 Å². The van der Waals surface area contributed by atoms with Crippen molar-refractivity contribution in [3.63, 3.8) is 0 Å². The largest absolute Gasteiger partial charge is 0.465 e. The number of thiazole rings is 1. The van der Waals surface area contributed by atoms with Gasteiger partial charge in [-0.25, -0.2) is 9.78 Å². The molecule has 0 aromatic carbocycles. The Morgan fingerprint density at radius 3 is 3.08 bits per heavy atom. The second-order valence-corrected chi connectivity index (χ2v) is 3.36. The van der Waals surface area contributed by atoms with E-state index in [1.807, 2.05) is 12.4 Å². The third-order valence-corrected chi connectivity index (χ3v) is 2.25. The van der Waals surface area contributed by atoms with Crippen LogP contribution in [0.1, 0.15) is 10.7 Å². The van der Waals surface area contributed by atoms with E-state index < -0.39 is 6.09 Å². The molecule has 0 saturated carbocycles. The van der Waals surface area contributed by atoms with Crippen LogP contribution in [0.25, 0.3) is 0 Å². The minimum atomic E-state index is -1.02. The van der Waals surface area contributed by atoms with Crippen LogP contribution in [0.3, 0.4) is 0 Å². The van der Waals surface area contributed by atoms with Crippen LogP contribution in [0.2, 0.25) is 0 Å². The summed E-state index contributed by atoms with van der Waals surface area (Å²) >= 11 is 1.45. The summed E-state index contributed by atoms with van der Waals surface area (Å²) in [5, 5.41) is 16.3. The fourth-order valence-corrected chi connectivity index (χ4v) is 1.58.